The molecule has 0 N–H and O–H groups in total. The summed E-state index contributed by atoms with van der Waals surface area (Å²) in [6.07, 6.45) is 0. The molecule has 0 saturated carbocycles. The second kappa shape index (κ2) is 17.7. The molecule has 0 fully saturated rings. The standard InChI is InChI=1S/C3H8O.2ClH/c1-3-4-2;;/h3H2,1-2H3;2*1H. The van der Waals surface area contributed by atoms with Gasteiger partial charge in [0.05, 0.1) is 0 Å². The summed E-state index contributed by atoms with van der Waals surface area (Å²) in [6.45, 7) is 2.78. The van der Waals surface area contributed by atoms with Crippen LogP contribution < -0.4 is 0 Å². The maximum atomic E-state index is 4.54. The van der Waals surface area contributed by atoms with E-state index in [9.17, 15) is 0 Å². The van der Waals surface area contributed by atoms with Crippen LogP contribution in [0.3, 0.4) is 0 Å². The van der Waals surface area contributed by atoms with Crippen LogP contribution >= 0.6 is 24.8 Å². The van der Waals surface area contributed by atoms with Crippen LogP contribution in [0.25, 0.3) is 0 Å². The lowest BCUT2D eigenvalue weighted by molar-refractivity contribution is 0.215. The van der Waals surface area contributed by atoms with Gasteiger partial charge in [0, 0.05) is 13.7 Å². The number of hydrogen-bond acceptors (Lipinski definition) is 1. The molecule has 1 nitrogen and oxygen atoms in total. The third-order valence-corrected chi connectivity index (χ3v) is 0.289. The maximum absolute atomic E-state index is 4.54. The number of rotatable bonds is 1. The van der Waals surface area contributed by atoms with Crippen LogP contribution in [0.2, 0.25) is 0 Å². The molecule has 0 bridgehead atoms. The van der Waals surface area contributed by atoms with E-state index in [1.54, 1.807) is 7.11 Å². The van der Waals surface area contributed by atoms with Crippen molar-refractivity contribution in [2.24, 2.45) is 0 Å². The molecule has 0 aromatic carbocycles. The Labute approximate surface area is 50.9 Å². The van der Waals surface area contributed by atoms with Gasteiger partial charge in [0.15, 0.2) is 0 Å². The molecule has 0 aliphatic rings. The van der Waals surface area contributed by atoms with Crippen molar-refractivity contribution in [2.75, 3.05) is 13.7 Å². The first-order valence-electron chi connectivity index (χ1n) is 1.40. The lowest BCUT2D eigenvalue weighted by Crippen LogP contribution is -1.73. The van der Waals surface area contributed by atoms with Crippen LogP contribution in [-0.4, -0.2) is 13.7 Å². The smallest absolute Gasteiger partial charge is 0.0433 e. The first kappa shape index (κ1) is 16.0. The molecule has 0 aliphatic heterocycles. The topological polar surface area (TPSA) is 9.23 Å². The molecule has 0 spiro atoms. The van der Waals surface area contributed by atoms with Crippen molar-refractivity contribution in [1.82, 2.24) is 0 Å². The van der Waals surface area contributed by atoms with E-state index in [0.29, 0.717) is 0 Å². The molecule has 0 saturated heterocycles. The highest BCUT2D eigenvalue weighted by atomic mass is 35.5. The molecule has 3 heteroatoms. The zero-order valence-corrected chi connectivity index (χ0v) is 5.56. The molecule has 6 heavy (non-hydrogen) atoms. The molecule has 0 aliphatic carbocycles. The molecule has 0 atom stereocenters. The largest absolute Gasteiger partial charge is 0.385 e. The minimum absolute atomic E-state index is 0. The monoisotopic (exact) mass is 132 g/mol. The van der Waals surface area contributed by atoms with Crippen molar-refractivity contribution in [2.45, 2.75) is 6.92 Å². The van der Waals surface area contributed by atoms with Gasteiger partial charge in [-0.15, -0.1) is 24.8 Å². The minimum Gasteiger partial charge on any atom is -0.385 e. The highest BCUT2D eigenvalue weighted by Gasteiger charge is 1.51. The fraction of sp³-hybridized carbons (Fsp3) is 1.00. The van der Waals surface area contributed by atoms with Crippen molar-refractivity contribution in [3.8, 4) is 0 Å². The third-order valence-electron chi connectivity index (χ3n) is 0.289. The normalized spacial score (nSPS) is 5.00. The summed E-state index contributed by atoms with van der Waals surface area (Å²) >= 11 is 0. The van der Waals surface area contributed by atoms with Crippen LogP contribution in [0.4, 0.5) is 0 Å². The van der Waals surface area contributed by atoms with E-state index in [-0.39, 0.29) is 24.8 Å². The Morgan fingerprint density at radius 2 is 1.50 bits per heavy atom. The Balaban J connectivity index is -0.0000000450. The summed E-state index contributed by atoms with van der Waals surface area (Å²) < 4.78 is 4.54. The van der Waals surface area contributed by atoms with E-state index in [2.05, 4.69) is 4.74 Å². The molecular formula is C3H10Cl2O. The SMILES string of the molecule is CCOC.Cl.Cl. The van der Waals surface area contributed by atoms with Gasteiger partial charge in [-0.25, -0.2) is 0 Å². The zero-order valence-electron chi connectivity index (χ0n) is 3.93. The second-order valence-corrected chi connectivity index (χ2v) is 0.577. The first-order chi connectivity index (χ1) is 1.91. The maximum Gasteiger partial charge on any atom is 0.0433 e. The van der Waals surface area contributed by atoms with E-state index < -0.39 is 0 Å². The summed E-state index contributed by atoms with van der Waals surface area (Å²) in [7, 11) is 1.68. The summed E-state index contributed by atoms with van der Waals surface area (Å²) in [5.74, 6) is 0. The van der Waals surface area contributed by atoms with Gasteiger partial charge in [0.1, 0.15) is 0 Å². The van der Waals surface area contributed by atoms with Crippen LogP contribution in [0.15, 0.2) is 0 Å². The van der Waals surface area contributed by atoms with E-state index in [1.165, 1.54) is 0 Å². The predicted octanol–water partition coefficient (Wildman–Crippen LogP) is 1.50. The Morgan fingerprint density at radius 3 is 1.50 bits per heavy atom. The molecule has 0 rings (SSSR count). The van der Waals surface area contributed by atoms with Gasteiger partial charge < -0.3 is 4.74 Å². The number of hydrogen-bond donors (Lipinski definition) is 0. The summed E-state index contributed by atoms with van der Waals surface area (Å²) in [5.41, 5.74) is 0. The summed E-state index contributed by atoms with van der Waals surface area (Å²) in [5, 5.41) is 0. The van der Waals surface area contributed by atoms with E-state index in [0.717, 1.165) is 6.61 Å². The molecular weight excluding hydrogens is 123 g/mol. The van der Waals surface area contributed by atoms with Crippen LogP contribution in [0, 0.1) is 0 Å². The van der Waals surface area contributed by atoms with Crippen LogP contribution in [0.5, 0.6) is 0 Å². The van der Waals surface area contributed by atoms with Crippen LogP contribution in [-0.2, 0) is 4.74 Å². The van der Waals surface area contributed by atoms with Crippen molar-refractivity contribution in [3.05, 3.63) is 0 Å². The predicted molar refractivity (Wildman–Crippen MR) is 32.0 cm³/mol. The minimum atomic E-state index is 0. The molecule has 0 aromatic heterocycles. The van der Waals surface area contributed by atoms with Crippen LogP contribution in [0.1, 0.15) is 6.92 Å². The average Bonchev–Trinajstić information content (AvgIpc) is 1.37. The van der Waals surface area contributed by atoms with E-state index in [1.807, 2.05) is 6.92 Å². The number of methoxy groups -OCH3 is 1. The quantitative estimate of drug-likeness (QED) is 0.526. The molecule has 0 aromatic rings. The highest BCUT2D eigenvalue weighted by molar-refractivity contribution is 5.85. The second-order valence-electron chi connectivity index (χ2n) is 0.577. The Kier molecular flexibility index (Phi) is 47.2. The first-order valence-corrected chi connectivity index (χ1v) is 1.40. The zero-order chi connectivity index (χ0) is 3.41. The highest BCUT2D eigenvalue weighted by Crippen LogP contribution is 1.52. The Bertz CT molecular complexity index is 10.8. The third kappa shape index (κ3) is 24.0. The van der Waals surface area contributed by atoms with Gasteiger partial charge >= 0.3 is 0 Å². The van der Waals surface area contributed by atoms with E-state index >= 15 is 0 Å². The number of ether oxygens (including phenoxy) is 1. The van der Waals surface area contributed by atoms with Crippen molar-refractivity contribution in [3.63, 3.8) is 0 Å². The van der Waals surface area contributed by atoms with Crippen molar-refractivity contribution in [1.29, 1.82) is 0 Å². The Morgan fingerprint density at radius 1 is 1.33 bits per heavy atom. The lowest BCUT2D eigenvalue weighted by atomic mass is 10.9. The van der Waals surface area contributed by atoms with Gasteiger partial charge in [-0.1, -0.05) is 0 Å². The molecule has 42 valence electrons. The van der Waals surface area contributed by atoms with Crippen molar-refractivity contribution >= 4 is 24.8 Å². The van der Waals surface area contributed by atoms with E-state index in [4.69, 9.17) is 0 Å². The fourth-order valence-corrected chi connectivity index (χ4v) is 0. The summed E-state index contributed by atoms with van der Waals surface area (Å²) in [4.78, 5) is 0. The summed E-state index contributed by atoms with van der Waals surface area (Å²) in [6, 6.07) is 0. The average molecular weight is 133 g/mol. The van der Waals surface area contributed by atoms with Gasteiger partial charge in [0.25, 0.3) is 0 Å². The lowest BCUT2D eigenvalue weighted by Gasteiger charge is -1.76. The van der Waals surface area contributed by atoms with Gasteiger partial charge in [-0.2, -0.15) is 0 Å². The fourth-order valence-electron chi connectivity index (χ4n) is 0. The van der Waals surface area contributed by atoms with Crippen molar-refractivity contribution < 1.29 is 4.74 Å². The molecule has 0 radical (unpaired) electrons. The molecule has 0 amide bonds. The molecule has 0 unspecified atom stereocenters. The van der Waals surface area contributed by atoms with Gasteiger partial charge in [-0.3, -0.25) is 0 Å². The number of halogens is 2. The molecule has 0 heterocycles. The Hall–Kier alpha value is 0.540. The van der Waals surface area contributed by atoms with Gasteiger partial charge in [-0.05, 0) is 6.92 Å². The van der Waals surface area contributed by atoms with Gasteiger partial charge in [0.2, 0.25) is 0 Å².